The number of hydrogen-bond donors (Lipinski definition) is 1. The average molecular weight is 388 g/mol. The van der Waals surface area contributed by atoms with Crippen molar-refractivity contribution in [2.45, 2.75) is 20.8 Å². The highest BCUT2D eigenvalue weighted by Gasteiger charge is 2.18. The molecule has 1 amide bonds. The van der Waals surface area contributed by atoms with Gasteiger partial charge in [0.15, 0.2) is 0 Å². The second-order valence-electron chi connectivity index (χ2n) is 6.42. The zero-order valence-electron chi connectivity index (χ0n) is 16.4. The molecule has 0 unspecified atom stereocenters. The van der Waals surface area contributed by atoms with Crippen LogP contribution in [0.1, 0.15) is 23.6 Å². The predicted molar refractivity (Wildman–Crippen MR) is 110 cm³/mol. The van der Waals surface area contributed by atoms with E-state index in [0.29, 0.717) is 17.9 Å². The fourth-order valence-electron chi connectivity index (χ4n) is 2.82. The molecule has 0 bridgehead atoms. The monoisotopic (exact) mass is 388 g/mol. The lowest BCUT2D eigenvalue weighted by atomic mass is 10.1. The number of aryl methyl sites for hydroxylation is 2. The van der Waals surface area contributed by atoms with Gasteiger partial charge in [-0.3, -0.25) is 14.0 Å². The number of hydrogen-bond acceptors (Lipinski definition) is 5. The molecule has 0 aliphatic carbocycles. The Bertz CT molecular complexity index is 1220. The number of fused-ring (bicyclic) bond motifs is 1. The van der Waals surface area contributed by atoms with E-state index in [1.54, 1.807) is 25.3 Å². The molecule has 2 heterocycles. The van der Waals surface area contributed by atoms with Crippen molar-refractivity contribution in [3.05, 3.63) is 75.2 Å². The molecular formula is C22H20N4O3. The maximum Gasteiger partial charge on any atom is 0.269 e. The van der Waals surface area contributed by atoms with E-state index in [1.807, 2.05) is 44.2 Å². The van der Waals surface area contributed by atoms with Crippen molar-refractivity contribution in [2.75, 3.05) is 6.54 Å². The van der Waals surface area contributed by atoms with Crippen molar-refractivity contribution >= 4 is 17.6 Å². The molecule has 0 spiro atoms. The third-order valence-electron chi connectivity index (χ3n) is 4.34. The Kier molecular flexibility index (Phi) is 5.74. The van der Waals surface area contributed by atoms with Gasteiger partial charge in [0.05, 0.1) is 0 Å². The summed E-state index contributed by atoms with van der Waals surface area (Å²) in [4.78, 5) is 29.8. The minimum Gasteiger partial charge on any atom is -0.438 e. The van der Waals surface area contributed by atoms with Crippen LogP contribution in [0.25, 0.3) is 11.7 Å². The van der Waals surface area contributed by atoms with E-state index in [0.717, 1.165) is 11.1 Å². The quantitative estimate of drug-likeness (QED) is 0.535. The molecule has 29 heavy (non-hydrogen) atoms. The van der Waals surface area contributed by atoms with Crippen molar-refractivity contribution < 1.29 is 9.53 Å². The first-order chi connectivity index (χ1) is 14.0. The lowest BCUT2D eigenvalue weighted by Crippen LogP contribution is -2.25. The molecule has 0 radical (unpaired) electrons. The number of amides is 1. The van der Waals surface area contributed by atoms with Crippen molar-refractivity contribution in [2.24, 2.45) is 0 Å². The molecule has 2 aromatic heterocycles. The zero-order chi connectivity index (χ0) is 21.0. The number of ether oxygens (including phenoxy) is 1. The van der Waals surface area contributed by atoms with Crippen LogP contribution in [0, 0.1) is 25.2 Å². The van der Waals surface area contributed by atoms with Crippen LogP contribution >= 0.6 is 0 Å². The standard InChI is InChI=1S/C22H20N4O3/c1-4-24-20(27)16(13-23)12-17-21(29-18-10-6-5-8-14(18)2)25-19-15(3)9-7-11-26(19)22(17)28/h5-12H,4H2,1-3H3,(H,24,27)/b16-12+. The van der Waals surface area contributed by atoms with Gasteiger partial charge in [0.2, 0.25) is 5.88 Å². The minimum atomic E-state index is -0.564. The molecule has 0 saturated carbocycles. The van der Waals surface area contributed by atoms with Crippen LogP contribution in [-0.2, 0) is 4.79 Å². The largest absolute Gasteiger partial charge is 0.438 e. The number of rotatable bonds is 5. The number of likely N-dealkylation sites (N-methyl/N-ethyl adjacent to an activating group) is 1. The van der Waals surface area contributed by atoms with E-state index in [9.17, 15) is 14.9 Å². The van der Waals surface area contributed by atoms with Crippen LogP contribution in [0.4, 0.5) is 0 Å². The van der Waals surface area contributed by atoms with Crippen molar-refractivity contribution in [1.82, 2.24) is 14.7 Å². The number of pyridine rings is 1. The molecule has 0 saturated heterocycles. The number of nitrogens with one attached hydrogen (secondary N) is 1. The van der Waals surface area contributed by atoms with Gasteiger partial charge in [-0.1, -0.05) is 24.3 Å². The maximum absolute atomic E-state index is 13.2. The van der Waals surface area contributed by atoms with Gasteiger partial charge in [-0.05, 0) is 50.1 Å². The Balaban J connectivity index is 2.27. The molecule has 1 N–H and O–H groups in total. The Labute approximate surface area is 167 Å². The number of para-hydroxylation sites is 1. The van der Waals surface area contributed by atoms with Gasteiger partial charge < -0.3 is 10.1 Å². The molecule has 0 atom stereocenters. The Morgan fingerprint density at radius 2 is 1.97 bits per heavy atom. The van der Waals surface area contributed by atoms with Gasteiger partial charge in [-0.2, -0.15) is 10.2 Å². The van der Waals surface area contributed by atoms with Crippen molar-refractivity contribution in [3.63, 3.8) is 0 Å². The topological polar surface area (TPSA) is 96.5 Å². The highest BCUT2D eigenvalue weighted by atomic mass is 16.5. The van der Waals surface area contributed by atoms with Gasteiger partial charge in [-0.25, -0.2) is 0 Å². The fraction of sp³-hybridized carbons (Fsp3) is 0.182. The molecule has 146 valence electrons. The highest BCUT2D eigenvalue weighted by Crippen LogP contribution is 2.27. The fourth-order valence-corrected chi connectivity index (χ4v) is 2.82. The van der Waals surface area contributed by atoms with Gasteiger partial charge in [-0.15, -0.1) is 0 Å². The Morgan fingerprint density at radius 3 is 2.66 bits per heavy atom. The van der Waals surface area contributed by atoms with Gasteiger partial charge in [0, 0.05) is 12.7 Å². The van der Waals surface area contributed by atoms with E-state index in [1.165, 1.54) is 10.5 Å². The van der Waals surface area contributed by atoms with Gasteiger partial charge >= 0.3 is 0 Å². The Morgan fingerprint density at radius 1 is 1.24 bits per heavy atom. The summed E-state index contributed by atoms with van der Waals surface area (Å²) in [7, 11) is 0. The van der Waals surface area contributed by atoms with Gasteiger partial charge in [0.1, 0.15) is 28.6 Å². The van der Waals surface area contributed by atoms with Gasteiger partial charge in [0.25, 0.3) is 11.5 Å². The third kappa shape index (κ3) is 4.01. The number of nitriles is 1. The molecule has 0 aliphatic rings. The van der Waals surface area contributed by atoms with Crippen LogP contribution in [0.15, 0.2) is 53.0 Å². The smallest absolute Gasteiger partial charge is 0.269 e. The second kappa shape index (κ2) is 8.40. The van der Waals surface area contributed by atoms with E-state index >= 15 is 0 Å². The molecular weight excluding hydrogens is 368 g/mol. The van der Waals surface area contributed by atoms with Crippen LogP contribution in [0.5, 0.6) is 11.6 Å². The molecule has 0 fully saturated rings. The first kappa shape index (κ1) is 19.8. The summed E-state index contributed by atoms with van der Waals surface area (Å²) < 4.78 is 7.33. The van der Waals surface area contributed by atoms with Crippen LogP contribution in [-0.4, -0.2) is 21.8 Å². The van der Waals surface area contributed by atoms with E-state index in [2.05, 4.69) is 10.3 Å². The Hall–Kier alpha value is -3.92. The first-order valence-electron chi connectivity index (χ1n) is 9.11. The molecule has 7 heteroatoms. The van der Waals surface area contributed by atoms with Crippen LogP contribution in [0.2, 0.25) is 0 Å². The highest BCUT2D eigenvalue weighted by molar-refractivity contribution is 6.01. The number of carbonyl (C=O) groups excluding carboxylic acids is 1. The predicted octanol–water partition coefficient (Wildman–Crippen LogP) is 3.15. The van der Waals surface area contributed by atoms with E-state index < -0.39 is 11.5 Å². The zero-order valence-corrected chi connectivity index (χ0v) is 16.4. The summed E-state index contributed by atoms with van der Waals surface area (Å²) in [6.07, 6.45) is 2.81. The summed E-state index contributed by atoms with van der Waals surface area (Å²) in [5, 5.41) is 12.0. The normalized spacial score (nSPS) is 11.2. The van der Waals surface area contributed by atoms with Crippen LogP contribution < -0.4 is 15.6 Å². The molecule has 3 rings (SSSR count). The minimum absolute atomic E-state index is 0.0270. The maximum atomic E-state index is 13.2. The average Bonchev–Trinajstić information content (AvgIpc) is 2.70. The number of nitrogens with zero attached hydrogens (tertiary/aromatic N) is 3. The van der Waals surface area contributed by atoms with Crippen molar-refractivity contribution in [1.29, 1.82) is 5.26 Å². The van der Waals surface area contributed by atoms with Crippen molar-refractivity contribution in [3.8, 4) is 17.7 Å². The second-order valence-corrected chi connectivity index (χ2v) is 6.42. The number of benzene rings is 1. The van der Waals surface area contributed by atoms with Crippen LogP contribution in [0.3, 0.4) is 0 Å². The summed E-state index contributed by atoms with van der Waals surface area (Å²) in [6, 6.07) is 12.7. The summed E-state index contributed by atoms with van der Waals surface area (Å²) in [5.74, 6) is 0.00438. The third-order valence-corrected chi connectivity index (χ3v) is 4.34. The van der Waals surface area contributed by atoms with E-state index in [-0.39, 0.29) is 17.0 Å². The van der Waals surface area contributed by atoms with E-state index in [4.69, 9.17) is 4.74 Å². The molecule has 0 aliphatic heterocycles. The number of carbonyl (C=O) groups is 1. The number of aromatic nitrogens is 2. The summed E-state index contributed by atoms with van der Waals surface area (Å²) in [5.41, 5.74) is 1.48. The molecule has 3 aromatic rings. The lowest BCUT2D eigenvalue weighted by Gasteiger charge is -2.12. The molecule has 1 aromatic carbocycles. The lowest BCUT2D eigenvalue weighted by molar-refractivity contribution is -0.116. The first-order valence-corrected chi connectivity index (χ1v) is 9.11. The summed E-state index contributed by atoms with van der Waals surface area (Å²) >= 11 is 0. The SMILES string of the molecule is CCNC(=O)/C(C#N)=C/c1c(Oc2ccccc2C)nc2c(C)cccn2c1=O. The summed E-state index contributed by atoms with van der Waals surface area (Å²) in [6.45, 7) is 5.82. The molecule has 7 nitrogen and oxygen atoms in total.